The monoisotopic (exact) mass is 367 g/mol. The molecule has 3 aromatic rings. The maximum Gasteiger partial charge on any atom is 0.319 e. The Labute approximate surface area is 158 Å². The van der Waals surface area contributed by atoms with Crippen LogP contribution in [-0.2, 0) is 0 Å². The number of hydrogen-bond acceptors (Lipinski definition) is 2. The molecule has 0 saturated heterocycles. The molecule has 2 aromatic heterocycles. The third-order valence-electron chi connectivity index (χ3n) is 4.66. The second-order valence-corrected chi connectivity index (χ2v) is 7.93. The van der Waals surface area contributed by atoms with Gasteiger partial charge in [0.2, 0.25) is 0 Å². The highest BCUT2D eigenvalue weighted by Gasteiger charge is 2.21. The standard InChI is InChI=1S/C21H25N3OS/c1-13-8-9-18(14(2)12-13)23-21(25)22-16(4)19-15(3)17(5)26-20(19)24-10-6-7-11-24/h6-12,16H,1-5H3,(H2,22,23,25)/t16-/m1/s1. The Bertz CT molecular complexity index is 925. The molecule has 5 heteroatoms. The van der Waals surface area contributed by atoms with E-state index in [4.69, 9.17) is 0 Å². The zero-order valence-corrected chi connectivity index (χ0v) is 16.7. The lowest BCUT2D eigenvalue weighted by Gasteiger charge is -2.18. The molecule has 4 nitrogen and oxygen atoms in total. The van der Waals surface area contributed by atoms with E-state index < -0.39 is 0 Å². The molecular weight excluding hydrogens is 342 g/mol. The number of aromatic nitrogens is 1. The van der Waals surface area contributed by atoms with Crippen molar-refractivity contribution in [3.8, 4) is 5.00 Å². The summed E-state index contributed by atoms with van der Waals surface area (Å²) in [6.45, 7) is 10.3. The first-order valence-corrected chi connectivity index (χ1v) is 9.56. The molecule has 136 valence electrons. The predicted octanol–water partition coefficient (Wildman–Crippen LogP) is 5.66. The van der Waals surface area contributed by atoms with Gasteiger partial charge in [0.15, 0.2) is 0 Å². The summed E-state index contributed by atoms with van der Waals surface area (Å²) in [6.07, 6.45) is 4.08. The largest absolute Gasteiger partial charge is 0.331 e. The number of carbonyl (C=O) groups is 1. The number of rotatable bonds is 4. The summed E-state index contributed by atoms with van der Waals surface area (Å²) in [4.78, 5) is 13.8. The van der Waals surface area contributed by atoms with Crippen LogP contribution < -0.4 is 10.6 Å². The zero-order valence-electron chi connectivity index (χ0n) is 15.9. The molecule has 0 aliphatic carbocycles. The van der Waals surface area contributed by atoms with Crippen LogP contribution in [0.1, 0.15) is 40.1 Å². The smallest absolute Gasteiger partial charge is 0.319 e. The van der Waals surface area contributed by atoms with Crippen LogP contribution in [0.15, 0.2) is 42.7 Å². The second-order valence-electron chi connectivity index (χ2n) is 6.73. The zero-order chi connectivity index (χ0) is 18.8. The van der Waals surface area contributed by atoms with Gasteiger partial charge in [-0.3, -0.25) is 0 Å². The number of nitrogens with zero attached hydrogens (tertiary/aromatic N) is 1. The van der Waals surface area contributed by atoms with Crippen LogP contribution in [0.3, 0.4) is 0 Å². The highest BCUT2D eigenvalue weighted by molar-refractivity contribution is 7.14. The molecule has 0 unspecified atom stereocenters. The lowest BCUT2D eigenvalue weighted by Crippen LogP contribution is -2.32. The minimum absolute atomic E-state index is 0.0943. The van der Waals surface area contributed by atoms with Crippen molar-refractivity contribution >= 4 is 23.1 Å². The fourth-order valence-corrected chi connectivity index (χ4v) is 4.40. The lowest BCUT2D eigenvalue weighted by atomic mass is 10.1. The molecule has 0 radical (unpaired) electrons. The molecular formula is C21H25N3OS. The van der Waals surface area contributed by atoms with Gasteiger partial charge in [0.1, 0.15) is 5.00 Å². The summed E-state index contributed by atoms with van der Waals surface area (Å²) in [6, 6.07) is 9.76. The summed E-state index contributed by atoms with van der Waals surface area (Å²) < 4.78 is 2.11. The van der Waals surface area contributed by atoms with Crippen molar-refractivity contribution in [1.29, 1.82) is 0 Å². The molecule has 26 heavy (non-hydrogen) atoms. The first-order valence-electron chi connectivity index (χ1n) is 8.75. The van der Waals surface area contributed by atoms with Crippen LogP contribution in [0.4, 0.5) is 10.5 Å². The van der Waals surface area contributed by atoms with E-state index in [9.17, 15) is 4.79 Å². The fraction of sp³-hybridized carbons (Fsp3) is 0.286. The molecule has 1 aromatic carbocycles. The fourth-order valence-electron chi connectivity index (χ4n) is 3.18. The first-order chi connectivity index (χ1) is 12.4. The van der Waals surface area contributed by atoms with Crippen LogP contribution in [0.5, 0.6) is 0 Å². The van der Waals surface area contributed by atoms with E-state index >= 15 is 0 Å². The number of amides is 2. The van der Waals surface area contributed by atoms with Crippen LogP contribution in [0.2, 0.25) is 0 Å². The highest BCUT2D eigenvalue weighted by Crippen LogP contribution is 2.35. The van der Waals surface area contributed by atoms with E-state index in [0.717, 1.165) is 16.3 Å². The van der Waals surface area contributed by atoms with Crippen molar-refractivity contribution in [3.63, 3.8) is 0 Å². The number of carbonyl (C=O) groups excluding carboxylic acids is 1. The molecule has 0 aliphatic rings. The predicted molar refractivity (Wildman–Crippen MR) is 110 cm³/mol. The molecule has 0 aliphatic heterocycles. The lowest BCUT2D eigenvalue weighted by molar-refractivity contribution is 0.249. The second kappa shape index (κ2) is 7.38. The maximum absolute atomic E-state index is 12.5. The van der Waals surface area contributed by atoms with Gasteiger partial charge in [0.25, 0.3) is 0 Å². The van der Waals surface area contributed by atoms with Gasteiger partial charge in [-0.05, 0) is 63.9 Å². The Hall–Kier alpha value is -2.53. The third kappa shape index (κ3) is 3.68. The van der Waals surface area contributed by atoms with Crippen molar-refractivity contribution in [3.05, 3.63) is 69.9 Å². The number of benzene rings is 1. The normalized spacial score (nSPS) is 12.0. The average Bonchev–Trinajstić information content (AvgIpc) is 3.19. The molecule has 3 rings (SSSR count). The van der Waals surface area contributed by atoms with Gasteiger partial charge in [-0.1, -0.05) is 17.7 Å². The van der Waals surface area contributed by atoms with Crippen molar-refractivity contribution in [1.82, 2.24) is 9.88 Å². The molecule has 1 atom stereocenters. The number of thiophene rings is 1. The Morgan fingerprint density at radius 1 is 1.12 bits per heavy atom. The first kappa shape index (κ1) is 18.3. The Morgan fingerprint density at radius 2 is 1.81 bits per heavy atom. The van der Waals surface area contributed by atoms with Crippen LogP contribution in [-0.4, -0.2) is 10.6 Å². The third-order valence-corrected chi connectivity index (χ3v) is 5.90. The van der Waals surface area contributed by atoms with E-state index in [-0.39, 0.29) is 12.1 Å². The van der Waals surface area contributed by atoms with Crippen molar-refractivity contribution in [2.75, 3.05) is 5.32 Å². The van der Waals surface area contributed by atoms with E-state index in [1.165, 1.54) is 21.6 Å². The Kier molecular flexibility index (Phi) is 5.18. The van der Waals surface area contributed by atoms with Crippen LogP contribution in [0.25, 0.3) is 5.00 Å². The average molecular weight is 368 g/mol. The summed E-state index contributed by atoms with van der Waals surface area (Å²) in [5, 5.41) is 7.21. The molecule has 2 amide bonds. The van der Waals surface area contributed by atoms with Gasteiger partial charge >= 0.3 is 6.03 Å². The topological polar surface area (TPSA) is 46.1 Å². The molecule has 0 fully saturated rings. The van der Waals surface area contributed by atoms with Crippen molar-refractivity contribution in [2.24, 2.45) is 0 Å². The number of anilines is 1. The van der Waals surface area contributed by atoms with E-state index in [1.54, 1.807) is 11.3 Å². The van der Waals surface area contributed by atoms with Gasteiger partial charge in [-0.2, -0.15) is 0 Å². The van der Waals surface area contributed by atoms with E-state index in [1.807, 2.05) is 57.4 Å². The Balaban J connectivity index is 1.80. The Morgan fingerprint density at radius 3 is 2.46 bits per heavy atom. The quantitative estimate of drug-likeness (QED) is 0.614. The summed E-state index contributed by atoms with van der Waals surface area (Å²) in [5.74, 6) is 0. The van der Waals surface area contributed by atoms with Gasteiger partial charge in [0.05, 0.1) is 6.04 Å². The number of hydrogen-bond donors (Lipinski definition) is 2. The van der Waals surface area contributed by atoms with Crippen LogP contribution >= 0.6 is 11.3 Å². The number of aryl methyl sites for hydroxylation is 3. The molecule has 2 N–H and O–H groups in total. The van der Waals surface area contributed by atoms with Crippen molar-refractivity contribution < 1.29 is 4.79 Å². The summed E-state index contributed by atoms with van der Waals surface area (Å²) >= 11 is 1.75. The minimum Gasteiger partial charge on any atom is -0.331 e. The minimum atomic E-state index is -0.189. The van der Waals surface area contributed by atoms with Gasteiger partial charge < -0.3 is 15.2 Å². The highest BCUT2D eigenvalue weighted by atomic mass is 32.1. The SMILES string of the molecule is Cc1ccc(NC(=O)N[C@H](C)c2c(-n3cccc3)sc(C)c2C)c(C)c1. The number of urea groups is 1. The molecule has 0 bridgehead atoms. The van der Waals surface area contributed by atoms with Crippen molar-refractivity contribution in [2.45, 2.75) is 40.7 Å². The molecule has 0 saturated carbocycles. The van der Waals surface area contributed by atoms with Crippen LogP contribution in [0, 0.1) is 27.7 Å². The number of nitrogens with one attached hydrogen (secondary N) is 2. The van der Waals surface area contributed by atoms with E-state index in [2.05, 4.69) is 35.1 Å². The molecule has 2 heterocycles. The summed E-state index contributed by atoms with van der Waals surface area (Å²) in [5.41, 5.74) is 5.48. The molecule has 0 spiro atoms. The van der Waals surface area contributed by atoms with Gasteiger partial charge in [-0.15, -0.1) is 11.3 Å². The van der Waals surface area contributed by atoms with E-state index in [0.29, 0.717) is 0 Å². The summed E-state index contributed by atoms with van der Waals surface area (Å²) in [7, 11) is 0. The maximum atomic E-state index is 12.5. The van der Waals surface area contributed by atoms with Gasteiger partial charge in [-0.25, -0.2) is 4.79 Å². The van der Waals surface area contributed by atoms with Gasteiger partial charge in [0, 0.05) is 28.5 Å².